The average Bonchev–Trinajstić information content (AvgIpc) is 2.50. The number of rotatable bonds is 3. The molecule has 0 bridgehead atoms. The molecule has 1 N–H and O–H groups in total. The smallest absolute Gasteiger partial charge is 0.104 e. The molecule has 1 aliphatic carbocycles. The highest BCUT2D eigenvalue weighted by Gasteiger charge is 2.22. The van der Waals surface area contributed by atoms with Gasteiger partial charge in [0.15, 0.2) is 0 Å². The molecule has 2 heteroatoms. The van der Waals surface area contributed by atoms with Gasteiger partial charge in [-0.15, -0.1) is 0 Å². The molecule has 0 saturated heterocycles. The zero-order valence-corrected chi connectivity index (χ0v) is 5.15. The molecular weight excluding hydrogens is 105 g/mol. The quantitative estimate of drug-likeness (QED) is 0.583. The molecule has 0 unspecified atom stereocenters. The van der Waals surface area contributed by atoms with Crippen LogP contribution < -0.4 is 5.32 Å². The first-order valence-electron chi connectivity index (χ1n) is 3.15. The van der Waals surface area contributed by atoms with Crippen molar-refractivity contribution in [2.75, 3.05) is 6.67 Å². The minimum Gasteiger partial charge on any atom is -0.309 e. The van der Waals surface area contributed by atoms with Gasteiger partial charge in [0.1, 0.15) is 6.67 Å². The van der Waals surface area contributed by atoms with Crippen LogP contribution in [0.2, 0.25) is 0 Å². The minimum absolute atomic E-state index is 0.0718. The van der Waals surface area contributed by atoms with Gasteiger partial charge in [-0.2, -0.15) is 0 Å². The van der Waals surface area contributed by atoms with E-state index in [0.29, 0.717) is 6.04 Å². The fourth-order valence-electron chi connectivity index (χ4n) is 0.697. The molecule has 8 heavy (non-hydrogen) atoms. The summed E-state index contributed by atoms with van der Waals surface area (Å²) in [5, 5.41) is 3.13. The second-order valence-corrected chi connectivity index (χ2v) is 2.50. The third kappa shape index (κ3) is 1.78. The van der Waals surface area contributed by atoms with E-state index in [-0.39, 0.29) is 12.7 Å². The Labute approximate surface area is 49.3 Å². The van der Waals surface area contributed by atoms with Crippen molar-refractivity contribution in [2.24, 2.45) is 0 Å². The summed E-state index contributed by atoms with van der Waals surface area (Å²) in [6.07, 6.45) is 2.48. The van der Waals surface area contributed by atoms with Crippen LogP contribution in [0.4, 0.5) is 4.39 Å². The molecule has 0 amide bonds. The van der Waals surface area contributed by atoms with Crippen molar-refractivity contribution in [3.8, 4) is 0 Å². The lowest BCUT2D eigenvalue weighted by atomic mass is 10.4. The molecule has 0 aromatic heterocycles. The van der Waals surface area contributed by atoms with Gasteiger partial charge in [0.05, 0.1) is 0 Å². The Hall–Kier alpha value is -0.110. The molecule has 1 aliphatic rings. The number of hydrogen-bond acceptors (Lipinski definition) is 1. The first-order chi connectivity index (χ1) is 3.83. The predicted molar refractivity (Wildman–Crippen MR) is 31.6 cm³/mol. The second kappa shape index (κ2) is 2.44. The van der Waals surface area contributed by atoms with Gasteiger partial charge in [-0.25, -0.2) is 4.39 Å². The predicted octanol–water partition coefficient (Wildman–Crippen LogP) is 1.10. The zero-order valence-electron chi connectivity index (χ0n) is 5.15. The fourth-order valence-corrected chi connectivity index (χ4v) is 0.697. The summed E-state index contributed by atoms with van der Waals surface area (Å²) in [6, 6.07) is 0.711. The summed E-state index contributed by atoms with van der Waals surface area (Å²) in [4.78, 5) is 0. The molecular formula is C6H12FN. The maximum Gasteiger partial charge on any atom is 0.104 e. The Morgan fingerprint density at radius 1 is 1.75 bits per heavy atom. The van der Waals surface area contributed by atoms with Crippen molar-refractivity contribution >= 4 is 0 Å². The van der Waals surface area contributed by atoms with Crippen molar-refractivity contribution < 1.29 is 4.39 Å². The number of alkyl halides is 1. The van der Waals surface area contributed by atoms with Crippen molar-refractivity contribution in [1.82, 2.24) is 5.32 Å². The summed E-state index contributed by atoms with van der Waals surface area (Å²) in [5.41, 5.74) is 0. The maximum atomic E-state index is 11.7. The van der Waals surface area contributed by atoms with Crippen LogP contribution in [0.1, 0.15) is 19.8 Å². The van der Waals surface area contributed by atoms with Crippen LogP contribution in [0.5, 0.6) is 0 Å². The van der Waals surface area contributed by atoms with E-state index in [1.54, 1.807) is 0 Å². The fraction of sp³-hybridized carbons (Fsp3) is 1.00. The highest BCUT2D eigenvalue weighted by molar-refractivity contribution is 4.82. The van der Waals surface area contributed by atoms with Gasteiger partial charge in [0, 0.05) is 12.1 Å². The summed E-state index contributed by atoms with van der Waals surface area (Å²) < 4.78 is 11.7. The highest BCUT2D eigenvalue weighted by atomic mass is 19.1. The Balaban J connectivity index is 1.98. The largest absolute Gasteiger partial charge is 0.309 e. The lowest BCUT2D eigenvalue weighted by Gasteiger charge is -2.05. The molecule has 1 fully saturated rings. The van der Waals surface area contributed by atoms with Crippen LogP contribution in [-0.2, 0) is 0 Å². The van der Waals surface area contributed by atoms with Gasteiger partial charge >= 0.3 is 0 Å². The van der Waals surface area contributed by atoms with Gasteiger partial charge in [-0.05, 0) is 19.8 Å². The summed E-state index contributed by atoms with van der Waals surface area (Å²) in [5.74, 6) is 0. The van der Waals surface area contributed by atoms with Crippen molar-refractivity contribution in [1.29, 1.82) is 0 Å². The molecule has 1 atom stereocenters. The molecule has 0 aliphatic heterocycles. The SMILES string of the molecule is C[C@@H](CF)NC1CC1. The van der Waals surface area contributed by atoms with Gasteiger partial charge in [-0.1, -0.05) is 0 Å². The Bertz CT molecular complexity index is 70.9. The first kappa shape index (κ1) is 6.02. The summed E-state index contributed by atoms with van der Waals surface area (Å²) in [7, 11) is 0. The molecule has 0 radical (unpaired) electrons. The topological polar surface area (TPSA) is 12.0 Å². The molecule has 0 aromatic carbocycles. The Morgan fingerprint density at radius 3 is 2.75 bits per heavy atom. The molecule has 1 saturated carbocycles. The maximum absolute atomic E-state index is 11.7. The van der Waals surface area contributed by atoms with E-state index in [4.69, 9.17) is 0 Å². The third-order valence-corrected chi connectivity index (χ3v) is 1.33. The van der Waals surface area contributed by atoms with Crippen LogP contribution in [0.15, 0.2) is 0 Å². The van der Waals surface area contributed by atoms with E-state index >= 15 is 0 Å². The average molecular weight is 117 g/mol. The van der Waals surface area contributed by atoms with E-state index in [9.17, 15) is 4.39 Å². The van der Waals surface area contributed by atoms with E-state index < -0.39 is 0 Å². The third-order valence-electron chi connectivity index (χ3n) is 1.33. The number of halogens is 1. The first-order valence-corrected chi connectivity index (χ1v) is 3.15. The van der Waals surface area contributed by atoms with Gasteiger partial charge in [0.2, 0.25) is 0 Å². The number of nitrogens with one attached hydrogen (secondary N) is 1. The van der Waals surface area contributed by atoms with Crippen LogP contribution in [-0.4, -0.2) is 18.8 Å². The normalized spacial score (nSPS) is 23.2. The monoisotopic (exact) mass is 117 g/mol. The van der Waals surface area contributed by atoms with Crippen LogP contribution in [0.3, 0.4) is 0 Å². The molecule has 0 spiro atoms. The van der Waals surface area contributed by atoms with Crippen molar-refractivity contribution in [2.45, 2.75) is 31.8 Å². The van der Waals surface area contributed by atoms with Crippen LogP contribution >= 0.6 is 0 Å². The number of hydrogen-bond donors (Lipinski definition) is 1. The Morgan fingerprint density at radius 2 is 2.38 bits per heavy atom. The highest BCUT2D eigenvalue weighted by Crippen LogP contribution is 2.19. The molecule has 48 valence electrons. The summed E-state index contributed by atoms with van der Waals surface area (Å²) >= 11 is 0. The van der Waals surface area contributed by atoms with Crippen molar-refractivity contribution in [3.05, 3.63) is 0 Å². The van der Waals surface area contributed by atoms with E-state index in [1.807, 2.05) is 6.92 Å². The lowest BCUT2D eigenvalue weighted by Crippen LogP contribution is -2.29. The van der Waals surface area contributed by atoms with E-state index in [2.05, 4.69) is 5.32 Å². The van der Waals surface area contributed by atoms with E-state index in [1.165, 1.54) is 12.8 Å². The van der Waals surface area contributed by atoms with Gasteiger partial charge in [-0.3, -0.25) is 0 Å². The van der Waals surface area contributed by atoms with Crippen LogP contribution in [0.25, 0.3) is 0 Å². The minimum atomic E-state index is -0.240. The van der Waals surface area contributed by atoms with Crippen LogP contribution in [0, 0.1) is 0 Å². The standard InChI is InChI=1S/C6H12FN/c1-5(4-7)8-6-2-3-6/h5-6,8H,2-4H2,1H3/t5-/m0/s1. The summed E-state index contributed by atoms with van der Waals surface area (Å²) in [6.45, 7) is 1.63. The molecule has 0 heterocycles. The molecule has 0 aromatic rings. The second-order valence-electron chi connectivity index (χ2n) is 2.50. The zero-order chi connectivity index (χ0) is 5.98. The molecule has 1 nitrogen and oxygen atoms in total. The Kier molecular flexibility index (Phi) is 1.84. The van der Waals surface area contributed by atoms with Crippen molar-refractivity contribution in [3.63, 3.8) is 0 Å². The van der Waals surface area contributed by atoms with Gasteiger partial charge < -0.3 is 5.32 Å². The van der Waals surface area contributed by atoms with Gasteiger partial charge in [0.25, 0.3) is 0 Å². The molecule has 1 rings (SSSR count). The van der Waals surface area contributed by atoms with E-state index in [0.717, 1.165) is 0 Å². The lowest BCUT2D eigenvalue weighted by molar-refractivity contribution is 0.391.